The lowest BCUT2D eigenvalue weighted by molar-refractivity contribution is -0.134. The van der Waals surface area contributed by atoms with Crippen LogP contribution in [0.2, 0.25) is 0 Å². The van der Waals surface area contributed by atoms with Gasteiger partial charge in [0.05, 0.1) is 13.7 Å². The van der Waals surface area contributed by atoms with Gasteiger partial charge in [-0.15, -0.1) is 0 Å². The van der Waals surface area contributed by atoms with Crippen LogP contribution < -0.4 is 15.4 Å². The van der Waals surface area contributed by atoms with Gasteiger partial charge in [-0.2, -0.15) is 11.3 Å². The van der Waals surface area contributed by atoms with Gasteiger partial charge in [0.1, 0.15) is 5.75 Å². The molecular formula is C20H25N3O4S. The number of rotatable bonds is 10. The van der Waals surface area contributed by atoms with E-state index in [0.29, 0.717) is 36.5 Å². The molecule has 7 nitrogen and oxygen atoms in total. The van der Waals surface area contributed by atoms with Crippen molar-refractivity contribution in [2.45, 2.75) is 19.8 Å². The summed E-state index contributed by atoms with van der Waals surface area (Å²) in [6, 6.07) is 8.79. The Labute approximate surface area is 168 Å². The predicted octanol–water partition coefficient (Wildman–Crippen LogP) is 2.75. The van der Waals surface area contributed by atoms with Crippen LogP contribution in [-0.4, -0.2) is 49.4 Å². The molecule has 0 aliphatic carbocycles. The van der Waals surface area contributed by atoms with Crippen LogP contribution in [0.5, 0.6) is 5.75 Å². The molecule has 0 radical (unpaired) electrons. The number of methoxy groups -OCH3 is 1. The van der Waals surface area contributed by atoms with Crippen molar-refractivity contribution in [3.63, 3.8) is 0 Å². The molecule has 0 aliphatic heterocycles. The molecule has 0 atom stereocenters. The molecule has 2 N–H and O–H groups in total. The molecule has 2 rings (SSSR count). The Hall–Kier alpha value is -2.87. The monoisotopic (exact) mass is 403 g/mol. The number of ether oxygens (including phenoxy) is 1. The number of likely N-dealkylation sites (N-methyl/N-ethyl adjacent to an activating group) is 1. The molecule has 0 saturated heterocycles. The van der Waals surface area contributed by atoms with Crippen molar-refractivity contribution in [2.75, 3.05) is 32.1 Å². The zero-order chi connectivity index (χ0) is 20.4. The number of carbonyl (C=O) groups excluding carboxylic acids is 3. The third-order valence-electron chi connectivity index (χ3n) is 4.06. The van der Waals surface area contributed by atoms with Crippen LogP contribution in [0.3, 0.4) is 0 Å². The highest BCUT2D eigenvalue weighted by Crippen LogP contribution is 2.16. The molecule has 8 heteroatoms. The number of carbonyl (C=O) groups is 3. The third-order valence-corrected chi connectivity index (χ3v) is 4.74. The van der Waals surface area contributed by atoms with Gasteiger partial charge < -0.3 is 20.3 Å². The van der Waals surface area contributed by atoms with Gasteiger partial charge >= 0.3 is 0 Å². The summed E-state index contributed by atoms with van der Waals surface area (Å²) in [7, 11) is 1.56. The molecule has 28 heavy (non-hydrogen) atoms. The number of thiophene rings is 1. The summed E-state index contributed by atoms with van der Waals surface area (Å²) >= 11 is 1.46. The summed E-state index contributed by atoms with van der Waals surface area (Å²) in [5.74, 6) is 0.117. The number of hydrogen-bond donors (Lipinski definition) is 2. The standard InChI is InChI=1S/C20H25N3O4S/c1-3-23(13-18(24)22-16-6-4-7-17(12-16)27-2)19(25)8-5-10-21-20(26)15-9-11-28-14-15/h4,6-7,9,11-12,14H,3,5,8,10,13H2,1-2H3,(H,21,26)(H,22,24). The van der Waals surface area contributed by atoms with E-state index < -0.39 is 0 Å². The fourth-order valence-electron chi connectivity index (χ4n) is 2.55. The average molecular weight is 404 g/mol. The van der Waals surface area contributed by atoms with Crippen molar-refractivity contribution >= 4 is 34.7 Å². The summed E-state index contributed by atoms with van der Waals surface area (Å²) in [4.78, 5) is 37.9. The normalized spacial score (nSPS) is 10.2. The average Bonchev–Trinajstić information content (AvgIpc) is 3.24. The van der Waals surface area contributed by atoms with Gasteiger partial charge in [0.15, 0.2) is 0 Å². The Morgan fingerprint density at radius 3 is 2.71 bits per heavy atom. The van der Waals surface area contributed by atoms with Crippen molar-refractivity contribution in [1.29, 1.82) is 0 Å². The first-order chi connectivity index (χ1) is 13.5. The molecule has 0 fully saturated rings. The Balaban J connectivity index is 1.74. The number of benzene rings is 1. The van der Waals surface area contributed by atoms with Gasteiger partial charge in [0.25, 0.3) is 5.91 Å². The third kappa shape index (κ3) is 6.70. The van der Waals surface area contributed by atoms with E-state index in [1.807, 2.05) is 12.3 Å². The van der Waals surface area contributed by atoms with Gasteiger partial charge in [0.2, 0.25) is 11.8 Å². The van der Waals surface area contributed by atoms with Gasteiger partial charge in [-0.1, -0.05) is 6.07 Å². The predicted molar refractivity (Wildman–Crippen MR) is 110 cm³/mol. The Morgan fingerprint density at radius 2 is 2.04 bits per heavy atom. The first-order valence-corrected chi connectivity index (χ1v) is 9.99. The summed E-state index contributed by atoms with van der Waals surface area (Å²) in [6.45, 7) is 2.66. The molecule has 0 aliphatic rings. The second-order valence-corrected chi connectivity index (χ2v) is 6.84. The first-order valence-electron chi connectivity index (χ1n) is 9.05. The zero-order valence-electron chi connectivity index (χ0n) is 16.1. The van der Waals surface area contributed by atoms with E-state index in [-0.39, 0.29) is 30.7 Å². The van der Waals surface area contributed by atoms with Crippen LogP contribution in [0.4, 0.5) is 5.69 Å². The van der Waals surface area contributed by atoms with Crippen LogP contribution >= 0.6 is 11.3 Å². The lowest BCUT2D eigenvalue weighted by Crippen LogP contribution is -2.38. The summed E-state index contributed by atoms with van der Waals surface area (Å²) in [5.41, 5.74) is 1.24. The highest BCUT2D eigenvalue weighted by atomic mass is 32.1. The molecule has 2 aromatic rings. The van der Waals surface area contributed by atoms with Crippen molar-refractivity contribution in [2.24, 2.45) is 0 Å². The van der Waals surface area contributed by atoms with Gasteiger partial charge in [-0.3, -0.25) is 14.4 Å². The van der Waals surface area contributed by atoms with E-state index >= 15 is 0 Å². The molecule has 150 valence electrons. The minimum Gasteiger partial charge on any atom is -0.497 e. The van der Waals surface area contributed by atoms with E-state index in [4.69, 9.17) is 4.74 Å². The first kappa shape index (κ1) is 21.4. The van der Waals surface area contributed by atoms with Crippen LogP contribution in [0.1, 0.15) is 30.1 Å². The highest BCUT2D eigenvalue weighted by molar-refractivity contribution is 7.08. The summed E-state index contributed by atoms with van der Waals surface area (Å²) in [5, 5.41) is 9.17. The maximum Gasteiger partial charge on any atom is 0.252 e. The molecule has 0 spiro atoms. The van der Waals surface area contributed by atoms with Crippen molar-refractivity contribution in [1.82, 2.24) is 10.2 Å². The topological polar surface area (TPSA) is 87.7 Å². The zero-order valence-corrected chi connectivity index (χ0v) is 16.9. The van der Waals surface area contributed by atoms with E-state index in [2.05, 4.69) is 10.6 Å². The van der Waals surface area contributed by atoms with Crippen LogP contribution in [-0.2, 0) is 9.59 Å². The van der Waals surface area contributed by atoms with E-state index in [1.165, 1.54) is 16.2 Å². The second kappa shape index (κ2) is 11.1. The smallest absolute Gasteiger partial charge is 0.252 e. The Morgan fingerprint density at radius 1 is 1.21 bits per heavy atom. The molecule has 3 amide bonds. The lowest BCUT2D eigenvalue weighted by Gasteiger charge is -2.20. The maximum atomic E-state index is 12.4. The fraction of sp³-hybridized carbons (Fsp3) is 0.350. The quantitative estimate of drug-likeness (QED) is 0.597. The van der Waals surface area contributed by atoms with E-state index in [0.717, 1.165) is 0 Å². The molecule has 1 aromatic carbocycles. The number of hydrogen-bond acceptors (Lipinski definition) is 5. The van der Waals surface area contributed by atoms with Gasteiger partial charge in [-0.25, -0.2) is 0 Å². The van der Waals surface area contributed by atoms with Crippen LogP contribution in [0.15, 0.2) is 41.1 Å². The molecule has 1 heterocycles. The van der Waals surface area contributed by atoms with Crippen LogP contribution in [0.25, 0.3) is 0 Å². The van der Waals surface area contributed by atoms with Crippen molar-refractivity contribution in [3.8, 4) is 5.75 Å². The SMILES string of the molecule is CCN(CC(=O)Nc1cccc(OC)c1)C(=O)CCCNC(=O)c1ccsc1. The molecule has 0 unspecified atom stereocenters. The number of nitrogens with one attached hydrogen (secondary N) is 2. The molecule has 1 aromatic heterocycles. The highest BCUT2D eigenvalue weighted by Gasteiger charge is 2.16. The number of anilines is 1. The minimum atomic E-state index is -0.269. The summed E-state index contributed by atoms with van der Waals surface area (Å²) in [6.07, 6.45) is 0.785. The lowest BCUT2D eigenvalue weighted by atomic mass is 10.2. The number of amides is 3. The second-order valence-electron chi connectivity index (χ2n) is 6.06. The fourth-order valence-corrected chi connectivity index (χ4v) is 3.18. The van der Waals surface area contributed by atoms with Crippen molar-refractivity contribution < 1.29 is 19.1 Å². The maximum absolute atomic E-state index is 12.4. The van der Waals surface area contributed by atoms with Gasteiger partial charge in [0, 0.05) is 42.2 Å². The van der Waals surface area contributed by atoms with E-state index in [1.54, 1.807) is 42.8 Å². The number of nitrogens with zero attached hydrogens (tertiary/aromatic N) is 1. The molecule has 0 bridgehead atoms. The molecular weight excluding hydrogens is 378 g/mol. The Kier molecular flexibility index (Phi) is 8.48. The Bertz CT molecular complexity index is 793. The minimum absolute atomic E-state index is 0.0200. The van der Waals surface area contributed by atoms with Crippen LogP contribution in [0, 0.1) is 0 Å². The van der Waals surface area contributed by atoms with E-state index in [9.17, 15) is 14.4 Å². The summed E-state index contributed by atoms with van der Waals surface area (Å²) < 4.78 is 5.13. The van der Waals surface area contributed by atoms with Gasteiger partial charge in [-0.05, 0) is 36.9 Å². The van der Waals surface area contributed by atoms with Crippen molar-refractivity contribution in [3.05, 3.63) is 46.7 Å². The largest absolute Gasteiger partial charge is 0.497 e. The molecule has 0 saturated carbocycles.